The molecule has 2 aliphatic heterocycles. The maximum Gasteiger partial charge on any atom is 0.246 e. The van der Waals surface area contributed by atoms with E-state index in [1.807, 2.05) is 48.2 Å². The molecule has 29 heavy (non-hydrogen) atoms. The van der Waals surface area contributed by atoms with Gasteiger partial charge in [-0.2, -0.15) is 0 Å². The molecule has 7 heteroatoms. The van der Waals surface area contributed by atoms with Crippen LogP contribution in [-0.4, -0.2) is 38.3 Å². The van der Waals surface area contributed by atoms with Crippen molar-refractivity contribution in [3.63, 3.8) is 0 Å². The van der Waals surface area contributed by atoms with Gasteiger partial charge in [-0.15, -0.1) is 0 Å². The molecule has 152 valence electrons. The summed E-state index contributed by atoms with van der Waals surface area (Å²) in [6.07, 6.45) is 2.01. The summed E-state index contributed by atoms with van der Waals surface area (Å²) < 4.78 is 10.8. The molecule has 2 N–H and O–H groups in total. The van der Waals surface area contributed by atoms with E-state index in [-0.39, 0.29) is 19.2 Å². The zero-order valence-electron chi connectivity index (χ0n) is 16.6. The first kappa shape index (κ1) is 19.1. The Hall–Kier alpha value is -3.22. The van der Waals surface area contributed by atoms with Gasteiger partial charge in [0.2, 0.25) is 12.7 Å². The number of ether oxygens (including phenoxy) is 2. The van der Waals surface area contributed by atoms with Gasteiger partial charge in [0.25, 0.3) is 0 Å². The summed E-state index contributed by atoms with van der Waals surface area (Å²) in [7, 11) is 0. The van der Waals surface area contributed by atoms with Gasteiger partial charge < -0.3 is 25.0 Å². The molecule has 2 aromatic carbocycles. The first-order chi connectivity index (χ1) is 14.2. The van der Waals surface area contributed by atoms with Gasteiger partial charge in [0.15, 0.2) is 17.5 Å². The normalized spacial score (nSPS) is 15.1. The molecule has 0 aromatic heterocycles. The highest BCUT2D eigenvalue weighted by atomic mass is 16.7. The molecule has 2 heterocycles. The fraction of sp³-hybridized carbons (Fsp3) is 0.364. The van der Waals surface area contributed by atoms with Crippen molar-refractivity contribution in [1.82, 2.24) is 10.6 Å². The summed E-state index contributed by atoms with van der Waals surface area (Å²) in [5.41, 5.74) is 3.27. The minimum Gasteiger partial charge on any atom is -0.454 e. The zero-order valence-corrected chi connectivity index (χ0v) is 16.6. The van der Waals surface area contributed by atoms with Crippen LogP contribution in [0.2, 0.25) is 0 Å². The first-order valence-electron chi connectivity index (χ1n) is 10.0. The number of nitrogens with one attached hydrogen (secondary N) is 2. The molecule has 0 unspecified atom stereocenters. The van der Waals surface area contributed by atoms with Crippen LogP contribution in [0.15, 0.2) is 47.5 Å². The largest absolute Gasteiger partial charge is 0.454 e. The number of hydrogen-bond acceptors (Lipinski definition) is 4. The van der Waals surface area contributed by atoms with Crippen molar-refractivity contribution >= 4 is 17.6 Å². The summed E-state index contributed by atoms with van der Waals surface area (Å²) in [5.74, 6) is 2.17. The third-order valence-corrected chi connectivity index (χ3v) is 5.02. The van der Waals surface area contributed by atoms with E-state index < -0.39 is 0 Å². The number of guanidine groups is 1. The monoisotopic (exact) mass is 394 g/mol. The molecule has 0 bridgehead atoms. The van der Waals surface area contributed by atoms with Gasteiger partial charge in [-0.05, 0) is 49.1 Å². The summed E-state index contributed by atoms with van der Waals surface area (Å²) >= 11 is 0. The number of hydrogen-bond donors (Lipinski definition) is 2. The van der Waals surface area contributed by atoms with Gasteiger partial charge in [0, 0.05) is 18.8 Å². The Bertz CT molecular complexity index is 913. The highest BCUT2D eigenvalue weighted by Gasteiger charge is 2.22. The number of rotatable bonds is 5. The summed E-state index contributed by atoms with van der Waals surface area (Å²) in [6.45, 7) is 4.40. The number of amides is 1. The molecule has 0 fully saturated rings. The summed E-state index contributed by atoms with van der Waals surface area (Å²) in [6, 6.07) is 13.9. The van der Waals surface area contributed by atoms with E-state index in [0.29, 0.717) is 19.0 Å². The van der Waals surface area contributed by atoms with Crippen LogP contribution in [-0.2, 0) is 17.8 Å². The van der Waals surface area contributed by atoms with Gasteiger partial charge in [0.1, 0.15) is 0 Å². The van der Waals surface area contributed by atoms with E-state index in [2.05, 4.69) is 21.7 Å². The van der Waals surface area contributed by atoms with Crippen molar-refractivity contribution in [2.45, 2.75) is 26.3 Å². The van der Waals surface area contributed by atoms with Crippen molar-refractivity contribution in [1.29, 1.82) is 0 Å². The fourth-order valence-corrected chi connectivity index (χ4v) is 3.60. The minimum atomic E-state index is 0.0471. The van der Waals surface area contributed by atoms with Crippen LogP contribution >= 0.6 is 0 Å². The van der Waals surface area contributed by atoms with Crippen molar-refractivity contribution in [2.75, 3.05) is 31.3 Å². The molecule has 2 aliphatic rings. The van der Waals surface area contributed by atoms with Gasteiger partial charge in [-0.1, -0.05) is 24.3 Å². The molecule has 0 atom stereocenters. The van der Waals surface area contributed by atoms with E-state index in [1.165, 1.54) is 5.56 Å². The molecular formula is C22H26N4O3. The topological polar surface area (TPSA) is 75.2 Å². The lowest BCUT2D eigenvalue weighted by molar-refractivity contribution is -0.117. The number of benzene rings is 2. The SMILES string of the molecule is CCNC(=NCc1ccc2c(c1)OCO2)NCC(=O)N1CCCc2ccccc21. The van der Waals surface area contributed by atoms with Crippen LogP contribution < -0.4 is 25.0 Å². The molecule has 1 amide bonds. The predicted octanol–water partition coefficient (Wildman–Crippen LogP) is 2.45. The molecular weight excluding hydrogens is 368 g/mol. The van der Waals surface area contributed by atoms with Crippen LogP contribution in [0.3, 0.4) is 0 Å². The Labute approximate surface area is 170 Å². The van der Waals surface area contributed by atoms with E-state index >= 15 is 0 Å². The molecule has 0 saturated carbocycles. The molecule has 7 nitrogen and oxygen atoms in total. The zero-order chi connectivity index (χ0) is 20.1. The molecule has 4 rings (SSSR count). The number of carbonyl (C=O) groups is 1. The van der Waals surface area contributed by atoms with Gasteiger partial charge in [-0.25, -0.2) is 4.99 Å². The van der Waals surface area contributed by atoms with Crippen LogP contribution in [0.1, 0.15) is 24.5 Å². The number of carbonyl (C=O) groups excluding carboxylic acids is 1. The second kappa shape index (κ2) is 8.86. The smallest absolute Gasteiger partial charge is 0.246 e. The van der Waals surface area contributed by atoms with Crippen molar-refractivity contribution in [3.05, 3.63) is 53.6 Å². The Balaban J connectivity index is 1.38. The molecule has 0 saturated heterocycles. The van der Waals surface area contributed by atoms with E-state index in [4.69, 9.17) is 9.47 Å². The third-order valence-electron chi connectivity index (χ3n) is 5.02. The summed E-state index contributed by atoms with van der Waals surface area (Å²) in [4.78, 5) is 19.3. The third kappa shape index (κ3) is 4.45. The number of para-hydroxylation sites is 1. The summed E-state index contributed by atoms with van der Waals surface area (Å²) in [5, 5.41) is 6.36. The lowest BCUT2D eigenvalue weighted by Gasteiger charge is -2.29. The van der Waals surface area contributed by atoms with Crippen LogP contribution in [0, 0.1) is 0 Å². The number of nitrogens with zero attached hydrogens (tertiary/aromatic N) is 2. The van der Waals surface area contributed by atoms with Gasteiger partial charge >= 0.3 is 0 Å². The van der Waals surface area contributed by atoms with Crippen LogP contribution in [0.4, 0.5) is 5.69 Å². The number of anilines is 1. The Kier molecular flexibility index (Phi) is 5.84. The van der Waals surface area contributed by atoms with Crippen molar-refractivity contribution < 1.29 is 14.3 Å². The quantitative estimate of drug-likeness (QED) is 0.602. The average Bonchev–Trinajstić information content (AvgIpc) is 3.23. The fourth-order valence-electron chi connectivity index (χ4n) is 3.60. The van der Waals surface area contributed by atoms with Crippen LogP contribution in [0.5, 0.6) is 11.5 Å². The maximum absolute atomic E-state index is 12.8. The maximum atomic E-state index is 12.8. The highest BCUT2D eigenvalue weighted by Crippen LogP contribution is 2.32. The minimum absolute atomic E-state index is 0.0471. The lowest BCUT2D eigenvalue weighted by Crippen LogP contribution is -2.46. The second-order valence-corrected chi connectivity index (χ2v) is 7.01. The molecule has 0 spiro atoms. The van der Waals surface area contributed by atoms with Gasteiger partial charge in [0.05, 0.1) is 13.1 Å². The Morgan fingerprint density at radius 1 is 1.14 bits per heavy atom. The van der Waals surface area contributed by atoms with E-state index in [9.17, 15) is 4.79 Å². The van der Waals surface area contributed by atoms with E-state index in [1.54, 1.807) is 0 Å². The van der Waals surface area contributed by atoms with Crippen molar-refractivity contribution in [3.8, 4) is 11.5 Å². The van der Waals surface area contributed by atoms with Crippen molar-refractivity contribution in [2.24, 2.45) is 4.99 Å². The molecule has 0 radical (unpaired) electrons. The van der Waals surface area contributed by atoms with Crippen LogP contribution in [0.25, 0.3) is 0 Å². The highest BCUT2D eigenvalue weighted by molar-refractivity contribution is 5.98. The lowest BCUT2D eigenvalue weighted by atomic mass is 10.0. The standard InChI is InChI=1S/C22H26N4O3/c1-2-23-22(24-13-16-9-10-19-20(12-16)29-15-28-19)25-14-21(27)26-11-5-7-17-6-3-4-8-18(17)26/h3-4,6,8-10,12H,2,5,7,11,13-15H2,1H3,(H2,23,24,25). The average molecular weight is 394 g/mol. The molecule has 0 aliphatic carbocycles. The Morgan fingerprint density at radius 2 is 2.00 bits per heavy atom. The number of aryl methyl sites for hydroxylation is 1. The molecule has 2 aromatic rings. The predicted molar refractivity (Wildman–Crippen MR) is 112 cm³/mol. The second-order valence-electron chi connectivity index (χ2n) is 7.01. The number of fused-ring (bicyclic) bond motifs is 2. The Morgan fingerprint density at radius 3 is 2.90 bits per heavy atom. The van der Waals surface area contributed by atoms with Gasteiger partial charge in [-0.3, -0.25) is 4.79 Å². The number of aliphatic imine (C=N–C) groups is 1. The first-order valence-corrected chi connectivity index (χ1v) is 10.0. The van der Waals surface area contributed by atoms with E-state index in [0.717, 1.165) is 42.1 Å².